The van der Waals surface area contributed by atoms with E-state index >= 15 is 0 Å². The molecule has 0 spiro atoms. The van der Waals surface area contributed by atoms with Gasteiger partial charge in [0.05, 0.1) is 4.90 Å². The second-order valence-corrected chi connectivity index (χ2v) is 10.4. The Morgan fingerprint density at radius 3 is 2.23 bits per heavy atom. The van der Waals surface area contributed by atoms with Gasteiger partial charge in [-0.1, -0.05) is 15.9 Å². The fourth-order valence-electron chi connectivity index (χ4n) is 3.72. The minimum Gasteiger partial charge on any atom is -0.422 e. The van der Waals surface area contributed by atoms with Gasteiger partial charge in [-0.3, -0.25) is 9.52 Å². The van der Waals surface area contributed by atoms with E-state index in [1.54, 1.807) is 18.2 Å². The molecule has 0 saturated heterocycles. The monoisotopic (exact) mass is 554 g/mol. The van der Waals surface area contributed by atoms with Crippen LogP contribution in [-0.4, -0.2) is 27.3 Å². The number of hydrogen-bond donors (Lipinski definition) is 1. The molecule has 1 aromatic heterocycles. The topological polar surface area (TPSA) is 96.7 Å². The zero-order valence-corrected chi connectivity index (χ0v) is 21.5. The van der Waals surface area contributed by atoms with E-state index in [1.807, 2.05) is 26.0 Å². The van der Waals surface area contributed by atoms with Crippen molar-refractivity contribution in [1.29, 1.82) is 0 Å². The highest BCUT2D eigenvalue weighted by atomic mass is 79.9. The SMILES string of the molecule is CCN(CC)c1ccc2cc(C(=O)c3ccc(NS(=O)(=O)c4ccc(Br)cc4)cc3)c(=O)oc2c1. The molecule has 35 heavy (non-hydrogen) atoms. The van der Waals surface area contributed by atoms with E-state index < -0.39 is 21.4 Å². The van der Waals surface area contributed by atoms with E-state index in [4.69, 9.17) is 4.42 Å². The first-order chi connectivity index (χ1) is 16.7. The molecule has 4 aromatic rings. The van der Waals surface area contributed by atoms with Crippen molar-refractivity contribution in [3.05, 3.63) is 98.8 Å². The molecule has 4 rings (SSSR count). The van der Waals surface area contributed by atoms with Gasteiger partial charge >= 0.3 is 5.63 Å². The molecule has 0 aliphatic carbocycles. The molecule has 0 aliphatic heterocycles. The molecule has 0 aliphatic rings. The summed E-state index contributed by atoms with van der Waals surface area (Å²) in [5.74, 6) is -0.504. The maximum absolute atomic E-state index is 13.0. The van der Waals surface area contributed by atoms with E-state index in [9.17, 15) is 18.0 Å². The lowest BCUT2D eigenvalue weighted by atomic mass is 10.0. The Kier molecular flexibility index (Phi) is 7.09. The summed E-state index contributed by atoms with van der Waals surface area (Å²) in [6.07, 6.45) is 0. The number of nitrogens with zero attached hydrogens (tertiary/aromatic N) is 1. The Labute approximate surface area is 211 Å². The zero-order chi connectivity index (χ0) is 25.2. The number of fused-ring (bicyclic) bond motifs is 1. The van der Waals surface area contributed by atoms with Gasteiger partial charge in [0.25, 0.3) is 10.0 Å². The van der Waals surface area contributed by atoms with E-state index in [1.165, 1.54) is 42.5 Å². The van der Waals surface area contributed by atoms with E-state index in [0.717, 1.165) is 23.2 Å². The number of ketones is 1. The number of benzene rings is 3. The molecule has 0 bridgehead atoms. The number of nitrogens with one attached hydrogen (secondary N) is 1. The Morgan fingerprint density at radius 1 is 0.943 bits per heavy atom. The van der Waals surface area contributed by atoms with Crippen molar-refractivity contribution < 1.29 is 17.6 Å². The van der Waals surface area contributed by atoms with Crippen molar-refractivity contribution in [3.8, 4) is 0 Å². The van der Waals surface area contributed by atoms with Gasteiger partial charge in [0, 0.05) is 46.0 Å². The van der Waals surface area contributed by atoms with E-state index in [2.05, 4.69) is 25.6 Å². The van der Waals surface area contributed by atoms with Crippen LogP contribution in [0.25, 0.3) is 11.0 Å². The Balaban J connectivity index is 1.58. The van der Waals surface area contributed by atoms with Crippen molar-refractivity contribution in [1.82, 2.24) is 0 Å². The smallest absolute Gasteiger partial charge is 0.347 e. The third-order valence-electron chi connectivity index (χ3n) is 5.62. The van der Waals surface area contributed by atoms with Crippen molar-refractivity contribution >= 4 is 54.1 Å². The van der Waals surface area contributed by atoms with Gasteiger partial charge < -0.3 is 9.32 Å². The fourth-order valence-corrected chi connectivity index (χ4v) is 5.04. The van der Waals surface area contributed by atoms with Gasteiger partial charge in [-0.05, 0) is 80.6 Å². The highest BCUT2D eigenvalue weighted by Gasteiger charge is 2.18. The number of anilines is 2. The molecule has 7 nitrogen and oxygen atoms in total. The standard InChI is InChI=1S/C26H23BrN2O5S/c1-3-29(4-2)21-12-7-18-15-23(26(31)34-24(18)16-21)25(30)17-5-10-20(11-6-17)28-35(32,33)22-13-8-19(27)9-14-22/h5-16,28H,3-4H2,1-2H3. The first-order valence-corrected chi connectivity index (χ1v) is 13.3. The normalized spacial score (nSPS) is 11.4. The van der Waals surface area contributed by atoms with Crippen molar-refractivity contribution in [2.75, 3.05) is 22.7 Å². The minimum atomic E-state index is -3.78. The van der Waals surface area contributed by atoms with Gasteiger partial charge in [0.15, 0.2) is 5.78 Å². The van der Waals surface area contributed by atoms with Gasteiger partial charge in [-0.25, -0.2) is 13.2 Å². The third-order valence-corrected chi connectivity index (χ3v) is 7.54. The van der Waals surface area contributed by atoms with Crippen LogP contribution in [0.1, 0.15) is 29.8 Å². The molecule has 0 amide bonds. The van der Waals surface area contributed by atoms with Crippen LogP contribution >= 0.6 is 15.9 Å². The summed E-state index contributed by atoms with van der Waals surface area (Å²) in [6, 6.07) is 19.2. The molecule has 1 N–H and O–H groups in total. The molecule has 0 saturated carbocycles. The Hall–Kier alpha value is -3.43. The van der Waals surface area contributed by atoms with Crippen LogP contribution in [0.2, 0.25) is 0 Å². The third kappa shape index (κ3) is 5.31. The molecule has 3 aromatic carbocycles. The fraction of sp³-hybridized carbons (Fsp3) is 0.154. The van der Waals surface area contributed by atoms with Gasteiger partial charge in [-0.2, -0.15) is 0 Å². The average Bonchev–Trinajstić information content (AvgIpc) is 2.84. The van der Waals surface area contributed by atoms with Crippen LogP contribution in [0.5, 0.6) is 0 Å². The number of rotatable bonds is 8. The number of hydrogen-bond acceptors (Lipinski definition) is 6. The van der Waals surface area contributed by atoms with Crippen molar-refractivity contribution in [3.63, 3.8) is 0 Å². The van der Waals surface area contributed by atoms with Gasteiger partial charge in [0.1, 0.15) is 11.1 Å². The van der Waals surface area contributed by atoms with Crippen LogP contribution < -0.4 is 15.2 Å². The highest BCUT2D eigenvalue weighted by molar-refractivity contribution is 9.10. The van der Waals surface area contributed by atoms with Crippen molar-refractivity contribution in [2.24, 2.45) is 0 Å². The summed E-state index contributed by atoms with van der Waals surface area (Å²) in [5, 5.41) is 0.641. The summed E-state index contributed by atoms with van der Waals surface area (Å²) < 4.78 is 33.9. The maximum Gasteiger partial charge on any atom is 0.347 e. The molecular formula is C26H23BrN2O5S. The Morgan fingerprint density at radius 2 is 1.60 bits per heavy atom. The molecule has 0 atom stereocenters. The largest absolute Gasteiger partial charge is 0.422 e. The molecular weight excluding hydrogens is 532 g/mol. The van der Waals surface area contributed by atoms with Crippen LogP contribution in [0.3, 0.4) is 0 Å². The second kappa shape index (κ2) is 10.1. The van der Waals surface area contributed by atoms with Gasteiger partial charge in [0.2, 0.25) is 0 Å². The first-order valence-electron chi connectivity index (χ1n) is 11.0. The quantitative estimate of drug-likeness (QED) is 0.230. The number of carbonyl (C=O) groups excluding carboxylic acids is 1. The summed E-state index contributed by atoms with van der Waals surface area (Å²) in [6.45, 7) is 5.72. The van der Waals surface area contributed by atoms with Crippen molar-refractivity contribution in [2.45, 2.75) is 18.7 Å². The maximum atomic E-state index is 13.0. The highest BCUT2D eigenvalue weighted by Crippen LogP contribution is 2.23. The van der Waals surface area contributed by atoms with Crippen LogP contribution in [0, 0.1) is 0 Å². The summed E-state index contributed by atoms with van der Waals surface area (Å²) in [7, 11) is -3.78. The minimum absolute atomic E-state index is 0.0868. The molecule has 0 unspecified atom stereocenters. The molecule has 0 fully saturated rings. The molecule has 1 heterocycles. The number of halogens is 1. The molecule has 180 valence electrons. The van der Waals surface area contributed by atoms with E-state index in [0.29, 0.717) is 16.7 Å². The predicted molar refractivity (Wildman–Crippen MR) is 141 cm³/mol. The Bertz CT molecular complexity index is 1540. The zero-order valence-electron chi connectivity index (χ0n) is 19.1. The van der Waals surface area contributed by atoms with E-state index in [-0.39, 0.29) is 16.0 Å². The summed E-state index contributed by atoms with van der Waals surface area (Å²) >= 11 is 3.27. The molecule has 9 heteroatoms. The number of carbonyl (C=O) groups is 1. The van der Waals surface area contributed by atoms with Crippen LogP contribution in [0.15, 0.2) is 91.4 Å². The second-order valence-electron chi connectivity index (χ2n) is 7.81. The summed E-state index contributed by atoms with van der Waals surface area (Å²) in [5.41, 5.74) is 1.07. The lowest BCUT2D eigenvalue weighted by Crippen LogP contribution is -2.21. The average molecular weight is 555 g/mol. The van der Waals surface area contributed by atoms with Gasteiger partial charge in [-0.15, -0.1) is 0 Å². The first kappa shape index (κ1) is 24.7. The summed E-state index contributed by atoms with van der Waals surface area (Å²) in [4.78, 5) is 27.9. The predicted octanol–water partition coefficient (Wildman–Crippen LogP) is 5.43. The lowest BCUT2D eigenvalue weighted by Gasteiger charge is -2.21. The lowest BCUT2D eigenvalue weighted by molar-refractivity contribution is 0.103. The van der Waals surface area contributed by atoms with Crippen LogP contribution in [-0.2, 0) is 10.0 Å². The molecule has 0 radical (unpaired) electrons. The number of sulfonamides is 1. The van der Waals surface area contributed by atoms with Crippen LogP contribution in [0.4, 0.5) is 11.4 Å².